The molecule has 114 valence electrons. The molecule has 1 aromatic rings. The zero-order valence-corrected chi connectivity index (χ0v) is 13.3. The number of aryl methyl sites for hydroxylation is 1. The van der Waals surface area contributed by atoms with Gasteiger partial charge in [-0.2, -0.15) is 0 Å². The summed E-state index contributed by atoms with van der Waals surface area (Å²) in [6, 6.07) is 8.79. The monoisotopic (exact) mass is 286 g/mol. The molecule has 21 heavy (non-hydrogen) atoms. The largest absolute Gasteiger partial charge is 0.319 e. The molecule has 0 radical (unpaired) electrons. The minimum Gasteiger partial charge on any atom is -0.319 e. The van der Waals surface area contributed by atoms with Crippen molar-refractivity contribution >= 4 is 5.91 Å². The van der Waals surface area contributed by atoms with Gasteiger partial charge in [0.2, 0.25) is 5.91 Å². The number of amides is 1. The maximum absolute atomic E-state index is 12.4. The zero-order chi connectivity index (χ0) is 15.0. The Morgan fingerprint density at radius 3 is 2.62 bits per heavy atom. The van der Waals surface area contributed by atoms with Crippen LogP contribution < -0.4 is 5.32 Å². The highest BCUT2D eigenvalue weighted by atomic mass is 16.2. The minimum atomic E-state index is 0.0595. The number of nitrogens with zero attached hydrogens (tertiary/aromatic N) is 1. The van der Waals surface area contributed by atoms with E-state index in [1.165, 1.54) is 17.5 Å². The molecule has 1 N–H and O–H groups in total. The molecule has 1 aromatic carbocycles. The van der Waals surface area contributed by atoms with Crippen molar-refractivity contribution in [2.24, 2.45) is 11.8 Å². The molecule has 0 aromatic heterocycles. The van der Waals surface area contributed by atoms with Crippen molar-refractivity contribution in [1.82, 2.24) is 10.2 Å². The lowest BCUT2D eigenvalue weighted by atomic mass is 9.78. The Bertz CT molecular complexity index is 528. The van der Waals surface area contributed by atoms with Crippen LogP contribution in [-0.2, 0) is 4.79 Å². The summed E-state index contributed by atoms with van der Waals surface area (Å²) in [5, 5.41) is 3.41. The summed E-state index contributed by atoms with van der Waals surface area (Å²) >= 11 is 0. The standard InChI is InChI=1S/C18H26N2O/c1-12-8-9-15(10-14(12)3)20-17(21)11-19-18(20)16-7-5-4-6-13(16)2/h4-7,12,14-15,18-19H,8-11H2,1-3H3. The van der Waals surface area contributed by atoms with Crippen molar-refractivity contribution in [2.75, 3.05) is 6.54 Å². The molecule has 3 rings (SSSR count). The lowest BCUT2D eigenvalue weighted by Gasteiger charge is -2.40. The van der Waals surface area contributed by atoms with E-state index >= 15 is 0 Å². The molecule has 1 heterocycles. The van der Waals surface area contributed by atoms with Crippen LogP contribution in [0.4, 0.5) is 0 Å². The van der Waals surface area contributed by atoms with Gasteiger partial charge in [0.25, 0.3) is 0 Å². The lowest BCUT2D eigenvalue weighted by Crippen LogP contribution is -2.43. The molecule has 1 saturated carbocycles. The van der Waals surface area contributed by atoms with Crippen molar-refractivity contribution in [3.8, 4) is 0 Å². The molecule has 3 nitrogen and oxygen atoms in total. The van der Waals surface area contributed by atoms with Crippen LogP contribution in [-0.4, -0.2) is 23.4 Å². The van der Waals surface area contributed by atoms with Gasteiger partial charge in [0.1, 0.15) is 6.17 Å². The van der Waals surface area contributed by atoms with Crippen LogP contribution in [0.5, 0.6) is 0 Å². The topological polar surface area (TPSA) is 32.3 Å². The Morgan fingerprint density at radius 1 is 1.14 bits per heavy atom. The van der Waals surface area contributed by atoms with Gasteiger partial charge in [-0.1, -0.05) is 38.1 Å². The number of benzene rings is 1. The average molecular weight is 286 g/mol. The first-order chi connectivity index (χ1) is 10.1. The van der Waals surface area contributed by atoms with E-state index in [0.717, 1.165) is 18.8 Å². The summed E-state index contributed by atoms with van der Waals surface area (Å²) in [5.74, 6) is 1.74. The molecule has 4 unspecified atom stereocenters. The fourth-order valence-electron chi connectivity index (χ4n) is 3.86. The van der Waals surface area contributed by atoms with Gasteiger partial charge in [0.05, 0.1) is 6.54 Å². The second kappa shape index (κ2) is 5.80. The van der Waals surface area contributed by atoms with Gasteiger partial charge in [-0.05, 0) is 49.1 Å². The van der Waals surface area contributed by atoms with Crippen LogP contribution in [0.15, 0.2) is 24.3 Å². The summed E-state index contributed by atoms with van der Waals surface area (Å²) in [6.45, 7) is 7.26. The lowest BCUT2D eigenvalue weighted by molar-refractivity contribution is -0.131. The number of rotatable bonds is 2. The fourth-order valence-corrected chi connectivity index (χ4v) is 3.86. The second-order valence-corrected chi connectivity index (χ2v) is 6.86. The van der Waals surface area contributed by atoms with Crippen molar-refractivity contribution in [1.29, 1.82) is 0 Å². The summed E-state index contributed by atoms with van der Waals surface area (Å²) in [4.78, 5) is 14.5. The van der Waals surface area contributed by atoms with E-state index in [0.29, 0.717) is 18.5 Å². The molecule has 0 bridgehead atoms. The van der Waals surface area contributed by atoms with Crippen LogP contribution in [0.2, 0.25) is 0 Å². The third kappa shape index (κ3) is 2.71. The van der Waals surface area contributed by atoms with Gasteiger partial charge < -0.3 is 4.90 Å². The molecule has 1 aliphatic carbocycles. The van der Waals surface area contributed by atoms with Crippen LogP contribution >= 0.6 is 0 Å². The smallest absolute Gasteiger partial charge is 0.238 e. The first-order valence-electron chi connectivity index (χ1n) is 8.18. The highest BCUT2D eigenvalue weighted by Gasteiger charge is 2.39. The van der Waals surface area contributed by atoms with E-state index in [2.05, 4.69) is 55.3 Å². The van der Waals surface area contributed by atoms with Gasteiger partial charge in [-0.3, -0.25) is 10.1 Å². The molecular weight excluding hydrogens is 260 g/mol. The Kier molecular flexibility index (Phi) is 4.03. The summed E-state index contributed by atoms with van der Waals surface area (Å²) in [5.41, 5.74) is 2.50. The van der Waals surface area contributed by atoms with Gasteiger partial charge >= 0.3 is 0 Å². The quantitative estimate of drug-likeness (QED) is 0.905. The third-order valence-electron chi connectivity index (χ3n) is 5.46. The van der Waals surface area contributed by atoms with Crippen LogP contribution in [0, 0.1) is 18.8 Å². The average Bonchev–Trinajstić information content (AvgIpc) is 2.84. The molecule has 2 fully saturated rings. The zero-order valence-electron chi connectivity index (χ0n) is 13.3. The van der Waals surface area contributed by atoms with Gasteiger partial charge in [0.15, 0.2) is 0 Å². The highest BCUT2D eigenvalue weighted by molar-refractivity contribution is 5.81. The maximum atomic E-state index is 12.4. The molecule has 3 heteroatoms. The van der Waals surface area contributed by atoms with Crippen LogP contribution in [0.1, 0.15) is 50.4 Å². The van der Waals surface area contributed by atoms with E-state index in [4.69, 9.17) is 0 Å². The van der Waals surface area contributed by atoms with Crippen LogP contribution in [0.25, 0.3) is 0 Å². The minimum absolute atomic E-state index is 0.0595. The Labute approximate surface area is 127 Å². The fraction of sp³-hybridized carbons (Fsp3) is 0.611. The molecule has 1 amide bonds. The first-order valence-corrected chi connectivity index (χ1v) is 8.18. The molecule has 1 aliphatic heterocycles. The highest BCUT2D eigenvalue weighted by Crippen LogP contribution is 2.37. The second-order valence-electron chi connectivity index (χ2n) is 6.86. The predicted molar refractivity (Wildman–Crippen MR) is 84.7 cm³/mol. The molecule has 1 saturated heterocycles. The normalized spacial score (nSPS) is 33.5. The Morgan fingerprint density at radius 2 is 1.90 bits per heavy atom. The molecule has 2 aliphatic rings. The van der Waals surface area contributed by atoms with E-state index < -0.39 is 0 Å². The summed E-state index contributed by atoms with van der Waals surface area (Å²) in [6.07, 6.45) is 3.57. The first kappa shape index (κ1) is 14.6. The SMILES string of the molecule is Cc1ccccc1C1NCC(=O)N1C1CCC(C)C(C)C1. The Hall–Kier alpha value is -1.35. The molecular formula is C18H26N2O. The van der Waals surface area contributed by atoms with Crippen molar-refractivity contribution in [3.05, 3.63) is 35.4 Å². The van der Waals surface area contributed by atoms with E-state index in [9.17, 15) is 4.79 Å². The number of carbonyl (C=O) groups is 1. The predicted octanol–water partition coefficient (Wildman–Crippen LogP) is 3.25. The van der Waals surface area contributed by atoms with Crippen molar-refractivity contribution < 1.29 is 4.79 Å². The number of hydrogen-bond donors (Lipinski definition) is 1. The van der Waals surface area contributed by atoms with Gasteiger partial charge in [-0.15, -0.1) is 0 Å². The van der Waals surface area contributed by atoms with E-state index in [1.54, 1.807) is 0 Å². The van der Waals surface area contributed by atoms with Crippen molar-refractivity contribution in [3.63, 3.8) is 0 Å². The van der Waals surface area contributed by atoms with Gasteiger partial charge in [-0.25, -0.2) is 0 Å². The Balaban J connectivity index is 1.85. The molecule has 0 spiro atoms. The van der Waals surface area contributed by atoms with E-state index in [1.807, 2.05) is 0 Å². The third-order valence-corrected chi connectivity index (χ3v) is 5.46. The number of hydrogen-bond acceptors (Lipinski definition) is 2. The summed E-state index contributed by atoms with van der Waals surface area (Å²) < 4.78 is 0. The maximum Gasteiger partial charge on any atom is 0.238 e. The number of nitrogens with one attached hydrogen (secondary N) is 1. The van der Waals surface area contributed by atoms with E-state index in [-0.39, 0.29) is 12.1 Å². The number of carbonyl (C=O) groups excluding carboxylic acids is 1. The van der Waals surface area contributed by atoms with Crippen LogP contribution in [0.3, 0.4) is 0 Å². The summed E-state index contributed by atoms with van der Waals surface area (Å²) in [7, 11) is 0. The molecule has 4 atom stereocenters. The van der Waals surface area contributed by atoms with Gasteiger partial charge in [0, 0.05) is 6.04 Å². The van der Waals surface area contributed by atoms with Crippen molar-refractivity contribution in [2.45, 2.75) is 52.2 Å².